The maximum atomic E-state index is 12.3. The highest BCUT2D eigenvalue weighted by atomic mass is 35.5. The van der Waals surface area contributed by atoms with E-state index in [-0.39, 0.29) is 11.7 Å². The van der Waals surface area contributed by atoms with Crippen molar-refractivity contribution in [1.82, 2.24) is 0 Å². The first-order valence-electron chi connectivity index (χ1n) is 6.08. The zero-order valence-corrected chi connectivity index (χ0v) is 11.3. The predicted molar refractivity (Wildman–Crippen MR) is 72.5 cm³/mol. The van der Waals surface area contributed by atoms with Crippen molar-refractivity contribution in [2.45, 2.75) is 31.2 Å². The van der Waals surface area contributed by atoms with Crippen LogP contribution >= 0.6 is 11.6 Å². The van der Waals surface area contributed by atoms with E-state index in [0.29, 0.717) is 17.2 Å². The Morgan fingerprint density at radius 2 is 2.26 bits per heavy atom. The number of carbonyl (C=O) groups excluding carboxylic acids is 1. The molecule has 0 saturated heterocycles. The molecule has 0 aliphatic heterocycles. The van der Waals surface area contributed by atoms with Crippen LogP contribution in [0.4, 0.5) is 0 Å². The lowest BCUT2D eigenvalue weighted by Crippen LogP contribution is -2.29. The Hall–Kier alpha value is -1.71. The average molecular weight is 280 g/mol. The zero-order valence-electron chi connectivity index (χ0n) is 10.5. The van der Waals surface area contributed by atoms with E-state index < -0.39 is 6.04 Å². The van der Waals surface area contributed by atoms with E-state index in [2.05, 4.69) is 10.0 Å². The lowest BCUT2D eigenvalue weighted by atomic mass is 9.80. The van der Waals surface area contributed by atoms with Crippen molar-refractivity contribution in [3.8, 4) is 5.75 Å². The van der Waals surface area contributed by atoms with Crippen LogP contribution in [0.2, 0.25) is 5.02 Å². The van der Waals surface area contributed by atoms with Crippen LogP contribution in [0.15, 0.2) is 23.3 Å². The van der Waals surface area contributed by atoms with E-state index in [1.165, 1.54) is 7.11 Å². The molecule has 0 aromatic heterocycles. The monoisotopic (exact) mass is 279 g/mol. The van der Waals surface area contributed by atoms with Crippen molar-refractivity contribution in [3.63, 3.8) is 0 Å². The van der Waals surface area contributed by atoms with Crippen LogP contribution in [0, 0.1) is 0 Å². The molecule has 2 rings (SSSR count). The first-order chi connectivity index (χ1) is 9.17. The summed E-state index contributed by atoms with van der Waals surface area (Å²) in [5.41, 5.74) is 9.35. The van der Waals surface area contributed by atoms with Gasteiger partial charge >= 0.3 is 0 Å². The van der Waals surface area contributed by atoms with Gasteiger partial charge in [0.05, 0.1) is 18.2 Å². The predicted octanol–water partition coefficient (Wildman–Crippen LogP) is 3.86. The molecule has 0 amide bonds. The summed E-state index contributed by atoms with van der Waals surface area (Å²) in [5.74, 6) is 0.293. The maximum Gasteiger partial charge on any atom is 0.149 e. The van der Waals surface area contributed by atoms with Crippen LogP contribution in [0.25, 0.3) is 10.4 Å². The fourth-order valence-corrected chi connectivity index (χ4v) is 2.63. The number of ether oxygens (including phenoxy) is 1. The molecular weight excluding hydrogens is 266 g/mol. The van der Waals surface area contributed by atoms with E-state index >= 15 is 0 Å². The second kappa shape index (κ2) is 5.95. The molecule has 0 spiro atoms. The lowest BCUT2D eigenvalue weighted by molar-refractivity contribution is -0.123. The van der Waals surface area contributed by atoms with Crippen molar-refractivity contribution in [3.05, 3.63) is 39.2 Å². The fraction of sp³-hybridized carbons (Fsp3) is 0.462. The molecule has 0 radical (unpaired) electrons. The number of nitrogens with zero attached hydrogens (tertiary/aromatic N) is 3. The van der Waals surface area contributed by atoms with Crippen LogP contribution in [0.1, 0.15) is 30.7 Å². The molecule has 2 unspecified atom stereocenters. The maximum absolute atomic E-state index is 12.3. The van der Waals surface area contributed by atoms with Crippen molar-refractivity contribution in [2.75, 3.05) is 7.11 Å². The molecule has 19 heavy (non-hydrogen) atoms. The first kappa shape index (κ1) is 13.7. The number of benzene rings is 1. The van der Waals surface area contributed by atoms with Gasteiger partial charge in [-0.15, -0.1) is 0 Å². The van der Waals surface area contributed by atoms with Gasteiger partial charge in [0.15, 0.2) is 0 Å². The Kier molecular flexibility index (Phi) is 4.30. The Morgan fingerprint density at radius 1 is 1.47 bits per heavy atom. The lowest BCUT2D eigenvalue weighted by Gasteiger charge is -2.25. The summed E-state index contributed by atoms with van der Waals surface area (Å²) in [4.78, 5) is 15.0. The molecule has 0 bridgehead atoms. The summed E-state index contributed by atoms with van der Waals surface area (Å²) in [6.07, 6.45) is 2.26. The van der Waals surface area contributed by atoms with Gasteiger partial charge in [0.25, 0.3) is 0 Å². The summed E-state index contributed by atoms with van der Waals surface area (Å²) in [6, 6.07) is 4.78. The van der Waals surface area contributed by atoms with E-state index in [1.54, 1.807) is 12.1 Å². The van der Waals surface area contributed by atoms with Crippen LogP contribution < -0.4 is 4.74 Å². The Bertz CT molecular complexity index is 541. The van der Waals surface area contributed by atoms with Crippen molar-refractivity contribution in [2.24, 2.45) is 5.11 Å². The molecule has 1 aromatic carbocycles. The molecule has 1 aliphatic carbocycles. The SMILES string of the molecule is COc1cc(C2CCCC(N=[N+]=[N-])C2=O)ccc1Cl. The third-order valence-corrected chi connectivity index (χ3v) is 3.72. The van der Waals surface area contributed by atoms with Crippen LogP contribution in [-0.4, -0.2) is 18.9 Å². The van der Waals surface area contributed by atoms with Gasteiger partial charge in [-0.1, -0.05) is 29.2 Å². The Morgan fingerprint density at radius 3 is 2.95 bits per heavy atom. The number of hydrogen-bond acceptors (Lipinski definition) is 3. The smallest absolute Gasteiger partial charge is 0.149 e. The van der Waals surface area contributed by atoms with Crippen molar-refractivity contribution >= 4 is 17.4 Å². The van der Waals surface area contributed by atoms with E-state index in [4.69, 9.17) is 21.9 Å². The summed E-state index contributed by atoms with van der Waals surface area (Å²) >= 11 is 5.97. The van der Waals surface area contributed by atoms with E-state index in [9.17, 15) is 4.79 Å². The van der Waals surface area contributed by atoms with Gasteiger partial charge in [-0.05, 0) is 36.1 Å². The molecule has 1 aromatic rings. The van der Waals surface area contributed by atoms with Gasteiger partial charge in [0, 0.05) is 10.8 Å². The Balaban J connectivity index is 2.30. The standard InChI is InChI=1S/C13H14ClN3O2/c1-19-12-7-8(5-6-10(12)14)9-3-2-4-11(13(9)18)16-17-15/h5-7,9,11H,2-4H2,1H3. The van der Waals surface area contributed by atoms with Crippen LogP contribution in [0.5, 0.6) is 5.75 Å². The summed E-state index contributed by atoms with van der Waals surface area (Å²) in [7, 11) is 1.54. The number of halogens is 1. The van der Waals surface area contributed by atoms with Crippen LogP contribution in [-0.2, 0) is 4.79 Å². The third kappa shape index (κ3) is 2.83. The second-order valence-electron chi connectivity index (χ2n) is 4.50. The van der Waals surface area contributed by atoms with Gasteiger partial charge in [0.2, 0.25) is 0 Å². The number of Topliss-reactive ketones (excluding diaryl/α,β-unsaturated/α-hetero) is 1. The first-order valence-corrected chi connectivity index (χ1v) is 6.46. The summed E-state index contributed by atoms with van der Waals surface area (Å²) in [6.45, 7) is 0. The number of carbonyl (C=O) groups is 1. The number of ketones is 1. The number of rotatable bonds is 3. The molecule has 0 N–H and O–H groups in total. The highest BCUT2D eigenvalue weighted by Crippen LogP contribution is 2.35. The largest absolute Gasteiger partial charge is 0.495 e. The molecular formula is C13H14ClN3O2. The molecule has 0 heterocycles. The minimum absolute atomic E-state index is 0.0200. The molecule has 100 valence electrons. The second-order valence-corrected chi connectivity index (χ2v) is 4.91. The molecule has 1 saturated carbocycles. The molecule has 1 aliphatic rings. The third-order valence-electron chi connectivity index (χ3n) is 3.41. The average Bonchev–Trinajstić information content (AvgIpc) is 2.42. The normalized spacial score (nSPS) is 22.7. The highest BCUT2D eigenvalue weighted by molar-refractivity contribution is 6.32. The van der Waals surface area contributed by atoms with Crippen molar-refractivity contribution < 1.29 is 9.53 Å². The molecule has 6 heteroatoms. The zero-order chi connectivity index (χ0) is 13.8. The summed E-state index contributed by atoms with van der Waals surface area (Å²) in [5, 5.41) is 4.09. The van der Waals surface area contributed by atoms with E-state index in [1.807, 2.05) is 6.07 Å². The van der Waals surface area contributed by atoms with E-state index in [0.717, 1.165) is 18.4 Å². The van der Waals surface area contributed by atoms with Gasteiger partial charge in [-0.3, -0.25) is 4.79 Å². The molecule has 1 fully saturated rings. The van der Waals surface area contributed by atoms with Gasteiger partial charge < -0.3 is 4.74 Å². The Labute approximate surface area is 116 Å². The quantitative estimate of drug-likeness (QED) is 0.478. The minimum Gasteiger partial charge on any atom is -0.495 e. The number of methoxy groups -OCH3 is 1. The number of hydrogen-bond donors (Lipinski definition) is 0. The topological polar surface area (TPSA) is 75.1 Å². The van der Waals surface area contributed by atoms with Crippen molar-refractivity contribution in [1.29, 1.82) is 0 Å². The van der Waals surface area contributed by atoms with Gasteiger partial charge in [-0.25, -0.2) is 0 Å². The highest BCUT2D eigenvalue weighted by Gasteiger charge is 2.31. The van der Waals surface area contributed by atoms with Crippen LogP contribution in [0.3, 0.4) is 0 Å². The molecule has 5 nitrogen and oxygen atoms in total. The minimum atomic E-state index is -0.551. The fourth-order valence-electron chi connectivity index (χ4n) is 2.43. The van der Waals surface area contributed by atoms with Gasteiger partial charge in [0.1, 0.15) is 11.5 Å². The summed E-state index contributed by atoms with van der Waals surface area (Å²) < 4.78 is 5.16. The van der Waals surface area contributed by atoms with Gasteiger partial charge in [-0.2, -0.15) is 0 Å². The number of azide groups is 1. The molecule has 2 atom stereocenters.